The van der Waals surface area contributed by atoms with E-state index >= 15 is 0 Å². The molecule has 2 heteroatoms. The first-order valence-electron chi connectivity index (χ1n) is 8.08. The Morgan fingerprint density at radius 1 is 1.05 bits per heavy atom. The van der Waals surface area contributed by atoms with Crippen LogP contribution in [0.1, 0.15) is 83.2 Å². The molecule has 0 spiro atoms. The van der Waals surface area contributed by atoms with Gasteiger partial charge in [-0.1, -0.05) is 46.0 Å². The lowest BCUT2D eigenvalue weighted by Crippen LogP contribution is -2.13. The predicted octanol–water partition coefficient (Wildman–Crippen LogP) is 5.28. The lowest BCUT2D eigenvalue weighted by Gasteiger charge is -2.25. The van der Waals surface area contributed by atoms with Crippen LogP contribution in [-0.2, 0) is 0 Å². The van der Waals surface area contributed by atoms with Gasteiger partial charge in [0.15, 0.2) is 0 Å². The molecule has 1 aromatic heterocycles. The maximum absolute atomic E-state index is 4.54. The van der Waals surface area contributed by atoms with Crippen LogP contribution in [-0.4, -0.2) is 9.78 Å². The van der Waals surface area contributed by atoms with Gasteiger partial charge in [-0.2, -0.15) is 5.10 Å². The summed E-state index contributed by atoms with van der Waals surface area (Å²) < 4.78 is 2.22. The zero-order valence-electron chi connectivity index (χ0n) is 13.0. The second kappa shape index (κ2) is 6.58. The van der Waals surface area contributed by atoms with Crippen LogP contribution in [0.4, 0.5) is 0 Å². The Bertz CT molecular complexity index is 378. The lowest BCUT2D eigenvalue weighted by atomic mass is 9.82. The number of nitrogens with zero attached hydrogens (tertiary/aromatic N) is 2. The van der Waals surface area contributed by atoms with E-state index in [2.05, 4.69) is 36.7 Å². The SMILES string of the molecule is Cc1cnn(C2CCCCCCC(C)(C)CCC2)c1. The molecule has 0 amide bonds. The summed E-state index contributed by atoms with van der Waals surface area (Å²) >= 11 is 0. The van der Waals surface area contributed by atoms with Crippen molar-refractivity contribution in [3.05, 3.63) is 18.0 Å². The van der Waals surface area contributed by atoms with Gasteiger partial charge in [0.2, 0.25) is 0 Å². The monoisotopic (exact) mass is 262 g/mol. The molecular weight excluding hydrogens is 232 g/mol. The molecule has 0 aliphatic heterocycles. The summed E-state index contributed by atoms with van der Waals surface area (Å²) in [5.41, 5.74) is 1.82. The van der Waals surface area contributed by atoms with Crippen molar-refractivity contribution in [2.75, 3.05) is 0 Å². The summed E-state index contributed by atoms with van der Waals surface area (Å²) in [5, 5.41) is 4.54. The highest BCUT2D eigenvalue weighted by Crippen LogP contribution is 2.33. The van der Waals surface area contributed by atoms with E-state index in [1.54, 1.807) is 0 Å². The molecule has 1 aliphatic rings. The molecule has 108 valence electrons. The fraction of sp³-hybridized carbons (Fsp3) is 0.824. The van der Waals surface area contributed by atoms with Crippen molar-refractivity contribution in [1.29, 1.82) is 0 Å². The number of hydrogen-bond donors (Lipinski definition) is 0. The molecule has 0 radical (unpaired) electrons. The van der Waals surface area contributed by atoms with E-state index in [1.807, 2.05) is 6.20 Å². The molecule has 0 saturated heterocycles. The average Bonchev–Trinajstić information content (AvgIpc) is 2.75. The molecule has 1 aromatic rings. The Morgan fingerprint density at radius 3 is 2.47 bits per heavy atom. The number of aryl methyl sites for hydroxylation is 1. The third-order valence-corrected chi connectivity index (χ3v) is 4.64. The van der Waals surface area contributed by atoms with Gasteiger partial charge in [0, 0.05) is 6.20 Å². The van der Waals surface area contributed by atoms with Crippen LogP contribution < -0.4 is 0 Å². The van der Waals surface area contributed by atoms with Crippen molar-refractivity contribution in [2.24, 2.45) is 5.41 Å². The second-order valence-corrected chi connectivity index (χ2v) is 7.16. The van der Waals surface area contributed by atoms with Crippen molar-refractivity contribution >= 4 is 0 Å². The molecule has 2 rings (SSSR count). The van der Waals surface area contributed by atoms with Crippen LogP contribution in [0.25, 0.3) is 0 Å². The number of hydrogen-bond acceptors (Lipinski definition) is 1. The molecule has 1 unspecified atom stereocenters. The van der Waals surface area contributed by atoms with Crippen molar-refractivity contribution in [2.45, 2.75) is 84.6 Å². The van der Waals surface area contributed by atoms with Crippen molar-refractivity contribution in [3.8, 4) is 0 Å². The topological polar surface area (TPSA) is 17.8 Å². The van der Waals surface area contributed by atoms with Crippen LogP contribution in [0.15, 0.2) is 12.4 Å². The van der Waals surface area contributed by atoms with Crippen molar-refractivity contribution in [1.82, 2.24) is 9.78 Å². The van der Waals surface area contributed by atoms with Gasteiger partial charge in [0.25, 0.3) is 0 Å². The summed E-state index contributed by atoms with van der Waals surface area (Å²) in [6, 6.07) is 0.627. The average molecular weight is 262 g/mol. The molecule has 0 bridgehead atoms. The normalized spacial score (nSPS) is 25.7. The van der Waals surface area contributed by atoms with Crippen LogP contribution in [0, 0.1) is 12.3 Å². The highest BCUT2D eigenvalue weighted by Gasteiger charge is 2.20. The van der Waals surface area contributed by atoms with E-state index in [0.29, 0.717) is 11.5 Å². The molecule has 19 heavy (non-hydrogen) atoms. The van der Waals surface area contributed by atoms with Gasteiger partial charge >= 0.3 is 0 Å². The van der Waals surface area contributed by atoms with Gasteiger partial charge in [0.05, 0.1) is 12.2 Å². The lowest BCUT2D eigenvalue weighted by molar-refractivity contribution is 0.275. The van der Waals surface area contributed by atoms with E-state index in [4.69, 9.17) is 0 Å². The smallest absolute Gasteiger partial charge is 0.0519 e. The van der Waals surface area contributed by atoms with E-state index in [9.17, 15) is 0 Å². The first-order chi connectivity index (χ1) is 9.07. The first kappa shape index (κ1) is 14.6. The largest absolute Gasteiger partial charge is 0.269 e. The Balaban J connectivity index is 1.98. The van der Waals surface area contributed by atoms with Crippen LogP contribution >= 0.6 is 0 Å². The van der Waals surface area contributed by atoms with Gasteiger partial charge in [-0.25, -0.2) is 0 Å². The third-order valence-electron chi connectivity index (χ3n) is 4.64. The van der Waals surface area contributed by atoms with Crippen molar-refractivity contribution < 1.29 is 0 Å². The Morgan fingerprint density at radius 2 is 1.74 bits per heavy atom. The summed E-state index contributed by atoms with van der Waals surface area (Å²) in [6.45, 7) is 7.02. The molecular formula is C17H30N2. The molecule has 1 aliphatic carbocycles. The number of aromatic nitrogens is 2. The maximum Gasteiger partial charge on any atom is 0.0519 e. The Labute approximate surface area is 118 Å². The molecule has 2 nitrogen and oxygen atoms in total. The summed E-state index contributed by atoms with van der Waals surface area (Å²) in [6.07, 6.45) is 16.5. The van der Waals surface area contributed by atoms with E-state index in [0.717, 1.165) is 0 Å². The Kier molecular flexibility index (Phi) is 5.06. The van der Waals surface area contributed by atoms with E-state index in [1.165, 1.54) is 63.4 Å². The first-order valence-corrected chi connectivity index (χ1v) is 8.08. The predicted molar refractivity (Wildman–Crippen MR) is 81.3 cm³/mol. The maximum atomic E-state index is 4.54. The highest BCUT2D eigenvalue weighted by atomic mass is 15.3. The van der Waals surface area contributed by atoms with Gasteiger partial charge in [-0.3, -0.25) is 4.68 Å². The minimum absolute atomic E-state index is 0.537. The fourth-order valence-corrected chi connectivity index (χ4v) is 3.32. The van der Waals surface area contributed by atoms with Gasteiger partial charge in [-0.15, -0.1) is 0 Å². The molecule has 0 N–H and O–H groups in total. The van der Waals surface area contributed by atoms with Crippen LogP contribution in [0.2, 0.25) is 0 Å². The van der Waals surface area contributed by atoms with Gasteiger partial charge < -0.3 is 0 Å². The van der Waals surface area contributed by atoms with Crippen molar-refractivity contribution in [3.63, 3.8) is 0 Å². The third kappa shape index (κ3) is 4.67. The summed E-state index contributed by atoms with van der Waals surface area (Å²) in [5.74, 6) is 0. The van der Waals surface area contributed by atoms with Crippen LogP contribution in [0.3, 0.4) is 0 Å². The minimum atomic E-state index is 0.537. The standard InChI is InChI=1S/C17H30N2/c1-15-13-18-19(14-15)16-9-6-4-5-7-11-17(2,3)12-8-10-16/h13-14,16H,4-12H2,1-3H3. The van der Waals surface area contributed by atoms with Gasteiger partial charge in [-0.05, 0) is 43.6 Å². The quantitative estimate of drug-likeness (QED) is 0.673. The fourth-order valence-electron chi connectivity index (χ4n) is 3.32. The zero-order chi connectivity index (χ0) is 13.7. The summed E-state index contributed by atoms with van der Waals surface area (Å²) in [7, 11) is 0. The molecule has 1 fully saturated rings. The number of rotatable bonds is 1. The minimum Gasteiger partial charge on any atom is -0.269 e. The Hall–Kier alpha value is -0.790. The summed E-state index contributed by atoms with van der Waals surface area (Å²) in [4.78, 5) is 0. The highest BCUT2D eigenvalue weighted by molar-refractivity contribution is 5.00. The second-order valence-electron chi connectivity index (χ2n) is 7.16. The molecule has 1 heterocycles. The van der Waals surface area contributed by atoms with E-state index < -0.39 is 0 Å². The zero-order valence-corrected chi connectivity index (χ0v) is 13.0. The van der Waals surface area contributed by atoms with Crippen LogP contribution in [0.5, 0.6) is 0 Å². The molecule has 1 atom stereocenters. The van der Waals surface area contributed by atoms with Gasteiger partial charge in [0.1, 0.15) is 0 Å². The van der Waals surface area contributed by atoms with E-state index in [-0.39, 0.29) is 0 Å². The molecule has 1 saturated carbocycles. The molecule has 0 aromatic carbocycles.